The molecule has 3 rings (SSSR count). The van der Waals surface area contributed by atoms with Crippen LogP contribution in [0.4, 0.5) is 0 Å². The minimum atomic E-state index is -3.83. The van der Waals surface area contributed by atoms with Gasteiger partial charge in [0.05, 0.1) is 9.79 Å². The highest BCUT2D eigenvalue weighted by atomic mass is 79.9. The van der Waals surface area contributed by atoms with Crippen molar-refractivity contribution in [3.8, 4) is 0 Å². The van der Waals surface area contributed by atoms with Gasteiger partial charge in [-0.1, -0.05) is 20.8 Å². The second kappa shape index (κ2) is 5.78. The molecule has 0 aliphatic heterocycles. The number of hydrogen-bond donors (Lipinski definition) is 1. The van der Waals surface area contributed by atoms with Crippen molar-refractivity contribution in [1.29, 1.82) is 0 Å². The molecule has 25 heavy (non-hydrogen) atoms. The van der Waals surface area contributed by atoms with Crippen molar-refractivity contribution in [2.24, 2.45) is 16.7 Å². The zero-order chi connectivity index (χ0) is 18.8. The van der Waals surface area contributed by atoms with Crippen LogP contribution in [0.25, 0.3) is 0 Å². The van der Waals surface area contributed by atoms with E-state index in [0.717, 1.165) is 25.5 Å². The van der Waals surface area contributed by atoms with E-state index < -0.39 is 19.9 Å². The van der Waals surface area contributed by atoms with Gasteiger partial charge in [-0.25, -0.2) is 21.6 Å². The van der Waals surface area contributed by atoms with Crippen LogP contribution in [0.1, 0.15) is 40.0 Å². The molecule has 1 aromatic rings. The number of sulfonamides is 1. The Balaban J connectivity index is 1.97. The quantitative estimate of drug-likeness (QED) is 0.763. The molecule has 3 unspecified atom stereocenters. The van der Waals surface area contributed by atoms with Crippen LogP contribution in [-0.4, -0.2) is 29.1 Å². The molecule has 140 valence electrons. The van der Waals surface area contributed by atoms with Crippen LogP contribution in [0.2, 0.25) is 0 Å². The summed E-state index contributed by atoms with van der Waals surface area (Å²) in [6.07, 6.45) is 4.03. The Morgan fingerprint density at radius 1 is 1.16 bits per heavy atom. The number of benzene rings is 1. The van der Waals surface area contributed by atoms with E-state index in [2.05, 4.69) is 41.4 Å². The molecule has 8 heteroatoms. The van der Waals surface area contributed by atoms with E-state index in [9.17, 15) is 16.8 Å². The average molecular weight is 450 g/mol. The highest BCUT2D eigenvalue weighted by Crippen LogP contribution is 2.65. The molecule has 0 radical (unpaired) electrons. The van der Waals surface area contributed by atoms with Crippen molar-refractivity contribution < 1.29 is 16.8 Å². The summed E-state index contributed by atoms with van der Waals surface area (Å²) in [7, 11) is -7.31. The SMILES string of the molecule is CC1(C)C2CCC1(C)C(NS(=O)(=O)c1cc(S(C)(=O)=O)ccc1Br)C2. The molecule has 0 spiro atoms. The zero-order valence-electron chi connectivity index (χ0n) is 14.8. The lowest BCUT2D eigenvalue weighted by atomic mass is 9.69. The Kier molecular flexibility index (Phi) is 4.47. The third-order valence-corrected chi connectivity index (χ3v) is 10.3. The van der Waals surface area contributed by atoms with E-state index in [-0.39, 0.29) is 26.7 Å². The van der Waals surface area contributed by atoms with Crippen LogP contribution in [0.3, 0.4) is 0 Å². The molecule has 1 aromatic carbocycles. The first-order valence-electron chi connectivity index (χ1n) is 8.31. The third-order valence-electron chi connectivity index (χ3n) is 6.71. The van der Waals surface area contributed by atoms with Crippen LogP contribution < -0.4 is 4.72 Å². The molecule has 2 bridgehead atoms. The third kappa shape index (κ3) is 2.99. The minimum absolute atomic E-state index is 0.00411. The van der Waals surface area contributed by atoms with E-state index in [1.165, 1.54) is 18.2 Å². The number of fused-ring (bicyclic) bond motifs is 2. The van der Waals surface area contributed by atoms with Gasteiger partial charge in [-0.05, 0) is 70.1 Å². The Morgan fingerprint density at radius 2 is 1.80 bits per heavy atom. The fraction of sp³-hybridized carbons (Fsp3) is 0.647. The first-order chi connectivity index (χ1) is 11.3. The van der Waals surface area contributed by atoms with Gasteiger partial charge in [0.25, 0.3) is 0 Å². The first-order valence-corrected chi connectivity index (χ1v) is 12.5. The summed E-state index contributed by atoms with van der Waals surface area (Å²) in [5.41, 5.74) is -0.00230. The second-order valence-corrected chi connectivity index (χ2v) is 12.7. The topological polar surface area (TPSA) is 80.3 Å². The summed E-state index contributed by atoms with van der Waals surface area (Å²) in [5.74, 6) is 0.510. The zero-order valence-corrected chi connectivity index (χ0v) is 18.1. The standard InChI is InChI=1S/C17H24BrNO4S2/c1-16(2)11-7-8-17(16,3)15(9-11)19-25(22,23)14-10-12(24(4,20)21)5-6-13(14)18/h5-6,10-11,15,19H,7-9H2,1-4H3. The molecular weight excluding hydrogens is 426 g/mol. The molecule has 1 N–H and O–H groups in total. The van der Waals surface area contributed by atoms with Gasteiger partial charge < -0.3 is 0 Å². The Labute approximate surface area is 158 Å². The molecule has 0 amide bonds. The molecule has 0 heterocycles. The Morgan fingerprint density at radius 3 is 2.28 bits per heavy atom. The summed E-state index contributed by atoms with van der Waals surface area (Å²) in [4.78, 5) is -0.0323. The van der Waals surface area contributed by atoms with Crippen molar-refractivity contribution >= 4 is 35.8 Å². The predicted octanol–water partition coefficient (Wildman–Crippen LogP) is 3.35. The van der Waals surface area contributed by atoms with Gasteiger partial charge >= 0.3 is 0 Å². The van der Waals surface area contributed by atoms with Crippen LogP contribution >= 0.6 is 15.9 Å². The Bertz CT molecular complexity index is 924. The minimum Gasteiger partial charge on any atom is -0.224 e. The van der Waals surface area contributed by atoms with Gasteiger partial charge in [-0.2, -0.15) is 0 Å². The molecule has 3 atom stereocenters. The van der Waals surface area contributed by atoms with Crippen molar-refractivity contribution in [3.05, 3.63) is 22.7 Å². The fourth-order valence-corrected chi connectivity index (χ4v) is 7.63. The van der Waals surface area contributed by atoms with Gasteiger partial charge in [0, 0.05) is 16.8 Å². The molecule has 0 aromatic heterocycles. The summed E-state index contributed by atoms with van der Waals surface area (Å²) in [6, 6.07) is 3.96. The summed E-state index contributed by atoms with van der Waals surface area (Å²) in [6.45, 7) is 6.60. The largest absolute Gasteiger partial charge is 0.242 e. The van der Waals surface area contributed by atoms with Crippen molar-refractivity contribution in [2.45, 2.75) is 55.9 Å². The fourth-order valence-electron chi connectivity index (χ4n) is 4.55. The van der Waals surface area contributed by atoms with Crippen molar-refractivity contribution in [1.82, 2.24) is 4.72 Å². The van der Waals surface area contributed by atoms with E-state index >= 15 is 0 Å². The van der Waals surface area contributed by atoms with E-state index in [0.29, 0.717) is 10.4 Å². The molecule has 2 aliphatic rings. The van der Waals surface area contributed by atoms with Crippen LogP contribution in [0, 0.1) is 16.7 Å². The average Bonchev–Trinajstić information content (AvgIpc) is 2.79. The number of hydrogen-bond acceptors (Lipinski definition) is 4. The second-order valence-electron chi connectivity index (χ2n) is 8.15. The van der Waals surface area contributed by atoms with Crippen LogP contribution in [0.15, 0.2) is 32.5 Å². The molecule has 0 saturated heterocycles. The highest BCUT2D eigenvalue weighted by molar-refractivity contribution is 9.10. The number of rotatable bonds is 4. The molecule has 2 saturated carbocycles. The molecule has 2 fully saturated rings. The molecule has 2 aliphatic carbocycles. The summed E-state index contributed by atoms with van der Waals surface area (Å²) < 4.78 is 52.7. The number of sulfone groups is 1. The lowest BCUT2D eigenvalue weighted by Gasteiger charge is -2.39. The van der Waals surface area contributed by atoms with Gasteiger partial charge in [0.2, 0.25) is 10.0 Å². The molecular formula is C17H24BrNO4S2. The van der Waals surface area contributed by atoms with E-state index in [1.807, 2.05) is 0 Å². The first kappa shape index (κ1) is 19.3. The van der Waals surface area contributed by atoms with Gasteiger partial charge in [-0.3, -0.25) is 0 Å². The van der Waals surface area contributed by atoms with E-state index in [1.54, 1.807) is 0 Å². The molecule has 5 nitrogen and oxygen atoms in total. The van der Waals surface area contributed by atoms with Gasteiger partial charge in [-0.15, -0.1) is 0 Å². The van der Waals surface area contributed by atoms with E-state index in [4.69, 9.17) is 0 Å². The number of halogens is 1. The lowest BCUT2D eigenvalue weighted by molar-refractivity contribution is 0.130. The maximum atomic E-state index is 13.0. The maximum absolute atomic E-state index is 13.0. The monoisotopic (exact) mass is 449 g/mol. The normalized spacial score (nSPS) is 31.4. The van der Waals surface area contributed by atoms with Crippen LogP contribution in [-0.2, 0) is 19.9 Å². The van der Waals surface area contributed by atoms with Crippen molar-refractivity contribution in [3.63, 3.8) is 0 Å². The lowest BCUT2D eigenvalue weighted by Crippen LogP contribution is -2.46. The predicted molar refractivity (Wildman–Crippen MR) is 101 cm³/mol. The Hall–Kier alpha value is -0.440. The van der Waals surface area contributed by atoms with Crippen molar-refractivity contribution in [2.75, 3.05) is 6.26 Å². The number of nitrogens with one attached hydrogen (secondary N) is 1. The van der Waals surface area contributed by atoms with Gasteiger partial charge in [0.1, 0.15) is 0 Å². The smallest absolute Gasteiger partial charge is 0.224 e. The maximum Gasteiger partial charge on any atom is 0.242 e. The van der Waals surface area contributed by atoms with Gasteiger partial charge in [0.15, 0.2) is 9.84 Å². The highest BCUT2D eigenvalue weighted by Gasteiger charge is 2.61. The summed E-state index contributed by atoms with van der Waals surface area (Å²) in [5, 5.41) is 0. The summed E-state index contributed by atoms with van der Waals surface area (Å²) >= 11 is 3.25. The van der Waals surface area contributed by atoms with Crippen LogP contribution in [0.5, 0.6) is 0 Å².